The Labute approximate surface area is 175 Å². The summed E-state index contributed by atoms with van der Waals surface area (Å²) in [6.45, 7) is 0. The monoisotopic (exact) mass is 450 g/mol. The van der Waals surface area contributed by atoms with Crippen molar-refractivity contribution in [2.45, 2.75) is 4.90 Å². The number of aromatic nitrogens is 3. The second-order valence-electron chi connectivity index (χ2n) is 5.88. The maximum Gasteiger partial charge on any atom is 0.268 e. The van der Waals surface area contributed by atoms with E-state index < -0.39 is 10.0 Å². The largest absolute Gasteiger partial charge is 0.497 e. The summed E-state index contributed by atoms with van der Waals surface area (Å²) in [5.74, 6) is 0.859. The van der Waals surface area contributed by atoms with Crippen LogP contribution in [0.5, 0.6) is 11.5 Å². The van der Waals surface area contributed by atoms with E-state index in [2.05, 4.69) is 14.8 Å². The summed E-state index contributed by atoms with van der Waals surface area (Å²) in [6, 6.07) is 11.8. The first-order valence-electron chi connectivity index (χ1n) is 8.26. The highest BCUT2D eigenvalue weighted by Gasteiger charge is 2.23. The number of sulfonamides is 1. The fourth-order valence-corrected chi connectivity index (χ4v) is 4.92. The second-order valence-corrected chi connectivity index (χ2v) is 8.80. The van der Waals surface area contributed by atoms with Gasteiger partial charge in [-0.05, 0) is 42.5 Å². The lowest BCUT2D eigenvalue weighted by Gasteiger charge is -2.09. The fourth-order valence-electron chi connectivity index (χ4n) is 2.72. The Morgan fingerprint density at radius 1 is 1.10 bits per heavy atom. The van der Waals surface area contributed by atoms with Crippen molar-refractivity contribution in [1.29, 1.82) is 0 Å². The molecular weight excluding hydrogens is 436 g/mol. The van der Waals surface area contributed by atoms with Gasteiger partial charge >= 0.3 is 0 Å². The molecule has 4 aromatic rings. The van der Waals surface area contributed by atoms with E-state index in [1.54, 1.807) is 17.7 Å². The fraction of sp³-hybridized carbons (Fsp3) is 0.111. The summed E-state index contributed by atoms with van der Waals surface area (Å²) in [7, 11) is -1.02. The minimum atomic E-state index is -4.00. The summed E-state index contributed by atoms with van der Waals surface area (Å²) in [6.07, 6.45) is 0. The van der Waals surface area contributed by atoms with Crippen LogP contribution in [0.25, 0.3) is 16.2 Å². The molecule has 2 heterocycles. The van der Waals surface area contributed by atoms with Crippen LogP contribution < -0.4 is 14.2 Å². The highest BCUT2D eigenvalue weighted by atomic mass is 35.5. The van der Waals surface area contributed by atoms with Crippen LogP contribution in [0.2, 0.25) is 5.02 Å². The highest BCUT2D eigenvalue weighted by Crippen LogP contribution is 2.30. The van der Waals surface area contributed by atoms with Gasteiger partial charge in [-0.2, -0.15) is 4.98 Å². The molecule has 0 amide bonds. The highest BCUT2D eigenvalue weighted by molar-refractivity contribution is 7.92. The number of halogens is 1. The maximum absolute atomic E-state index is 12.8. The lowest BCUT2D eigenvalue weighted by atomic mass is 10.2. The molecule has 150 valence electrons. The summed E-state index contributed by atoms with van der Waals surface area (Å²) in [5.41, 5.74) is 1.68. The van der Waals surface area contributed by atoms with Crippen LogP contribution in [0.3, 0.4) is 0 Å². The van der Waals surface area contributed by atoms with Crippen molar-refractivity contribution in [3.63, 3.8) is 0 Å². The number of thiazole rings is 1. The zero-order valence-electron chi connectivity index (χ0n) is 15.3. The van der Waals surface area contributed by atoms with Gasteiger partial charge in [-0.1, -0.05) is 11.6 Å². The zero-order chi connectivity index (χ0) is 20.6. The van der Waals surface area contributed by atoms with Gasteiger partial charge in [-0.3, -0.25) is 0 Å². The normalized spacial score (nSPS) is 11.6. The van der Waals surface area contributed by atoms with E-state index in [9.17, 15) is 8.42 Å². The Morgan fingerprint density at radius 3 is 2.55 bits per heavy atom. The minimum Gasteiger partial charge on any atom is -0.497 e. The van der Waals surface area contributed by atoms with Crippen molar-refractivity contribution in [1.82, 2.24) is 14.6 Å². The number of anilines is 1. The molecule has 2 aromatic heterocycles. The van der Waals surface area contributed by atoms with E-state index >= 15 is 0 Å². The summed E-state index contributed by atoms with van der Waals surface area (Å²) >= 11 is 7.30. The third kappa shape index (κ3) is 3.74. The minimum absolute atomic E-state index is 0.0476. The van der Waals surface area contributed by atoms with Crippen molar-refractivity contribution in [3.05, 3.63) is 52.9 Å². The molecule has 0 fully saturated rings. The Bertz CT molecular complexity index is 1280. The smallest absolute Gasteiger partial charge is 0.268 e. The first-order valence-corrected chi connectivity index (χ1v) is 11.0. The predicted octanol–water partition coefficient (Wildman–Crippen LogP) is 3.93. The molecule has 8 nitrogen and oxygen atoms in total. The third-order valence-corrected chi connectivity index (χ3v) is 6.51. The van der Waals surface area contributed by atoms with E-state index in [0.29, 0.717) is 4.96 Å². The van der Waals surface area contributed by atoms with Gasteiger partial charge in [0.2, 0.25) is 4.96 Å². The summed E-state index contributed by atoms with van der Waals surface area (Å²) in [4.78, 5) is 4.71. The van der Waals surface area contributed by atoms with Gasteiger partial charge in [-0.25, -0.2) is 17.7 Å². The van der Waals surface area contributed by atoms with Gasteiger partial charge in [0.25, 0.3) is 16.0 Å². The number of methoxy groups -OCH3 is 2. The van der Waals surface area contributed by atoms with Crippen LogP contribution in [0, 0.1) is 0 Å². The molecule has 0 spiro atoms. The topological polar surface area (TPSA) is 94.8 Å². The van der Waals surface area contributed by atoms with Crippen molar-refractivity contribution in [2.24, 2.45) is 0 Å². The van der Waals surface area contributed by atoms with Crippen molar-refractivity contribution in [3.8, 4) is 22.8 Å². The van der Waals surface area contributed by atoms with Gasteiger partial charge < -0.3 is 9.47 Å². The Hall–Kier alpha value is -2.82. The van der Waals surface area contributed by atoms with E-state index in [-0.39, 0.29) is 21.6 Å². The molecule has 0 aliphatic heterocycles. The average molecular weight is 451 g/mol. The van der Waals surface area contributed by atoms with E-state index in [1.165, 1.54) is 30.6 Å². The number of benzene rings is 2. The lowest BCUT2D eigenvalue weighted by Crippen LogP contribution is -2.15. The van der Waals surface area contributed by atoms with Crippen LogP contribution >= 0.6 is 22.9 Å². The second kappa shape index (κ2) is 7.54. The van der Waals surface area contributed by atoms with E-state index in [4.69, 9.17) is 21.1 Å². The predicted molar refractivity (Wildman–Crippen MR) is 112 cm³/mol. The number of rotatable bonds is 6. The quantitative estimate of drug-likeness (QED) is 0.478. The molecule has 29 heavy (non-hydrogen) atoms. The van der Waals surface area contributed by atoms with Crippen molar-refractivity contribution < 1.29 is 17.9 Å². The Kier molecular flexibility index (Phi) is 5.07. The number of hydrogen-bond donors (Lipinski definition) is 1. The molecule has 1 N–H and O–H groups in total. The van der Waals surface area contributed by atoms with Crippen LogP contribution in [-0.4, -0.2) is 37.2 Å². The van der Waals surface area contributed by atoms with Gasteiger partial charge in [0.15, 0.2) is 0 Å². The van der Waals surface area contributed by atoms with Gasteiger partial charge in [-0.15, -0.1) is 16.4 Å². The third-order valence-electron chi connectivity index (χ3n) is 4.11. The number of hydrogen-bond acceptors (Lipinski definition) is 7. The summed E-state index contributed by atoms with van der Waals surface area (Å²) in [5, 5.41) is 6.47. The number of nitrogens with one attached hydrogen (secondary N) is 1. The van der Waals surface area contributed by atoms with Crippen LogP contribution in [0.1, 0.15) is 0 Å². The molecule has 2 aromatic carbocycles. The molecule has 11 heteroatoms. The van der Waals surface area contributed by atoms with Crippen LogP contribution in [0.15, 0.2) is 52.7 Å². The number of ether oxygens (including phenoxy) is 2. The molecule has 0 saturated heterocycles. The molecule has 0 saturated carbocycles. The summed E-state index contributed by atoms with van der Waals surface area (Å²) < 4.78 is 39.9. The molecular formula is C18H15ClN4O4S2. The molecule has 0 atom stereocenters. The molecule has 0 unspecified atom stereocenters. The van der Waals surface area contributed by atoms with Crippen LogP contribution in [-0.2, 0) is 10.0 Å². The van der Waals surface area contributed by atoms with E-state index in [1.807, 2.05) is 29.6 Å². The lowest BCUT2D eigenvalue weighted by molar-refractivity contribution is 0.403. The number of fused-ring (bicyclic) bond motifs is 1. The molecule has 0 aliphatic carbocycles. The molecule has 0 aliphatic rings. The van der Waals surface area contributed by atoms with Crippen molar-refractivity contribution in [2.75, 3.05) is 18.9 Å². The van der Waals surface area contributed by atoms with Gasteiger partial charge in [0.1, 0.15) is 16.4 Å². The average Bonchev–Trinajstić information content (AvgIpc) is 3.27. The molecule has 4 rings (SSSR count). The van der Waals surface area contributed by atoms with Crippen molar-refractivity contribution >= 4 is 43.9 Å². The Morgan fingerprint density at radius 2 is 1.86 bits per heavy atom. The molecule has 0 radical (unpaired) electrons. The first-order chi connectivity index (χ1) is 13.9. The first kappa shape index (κ1) is 19.5. The van der Waals surface area contributed by atoms with Gasteiger partial charge in [0, 0.05) is 16.0 Å². The number of nitrogens with zero attached hydrogens (tertiary/aromatic N) is 3. The standard InChI is InChI=1S/C18H15ClN4O4S2/c1-26-13-6-3-11(4-7-13)14-10-28-18-20-17(21-23(14)18)22-29(24,25)16-9-12(19)5-8-15(16)27-2/h3-10H,1-2H3,(H,21,22). The van der Waals surface area contributed by atoms with Gasteiger partial charge in [0.05, 0.1) is 19.9 Å². The SMILES string of the molecule is COc1ccc(-c2csc3nc(NS(=O)(=O)c4cc(Cl)ccc4OC)nn23)cc1. The van der Waals surface area contributed by atoms with Crippen LogP contribution in [0.4, 0.5) is 5.95 Å². The zero-order valence-corrected chi connectivity index (χ0v) is 17.7. The Balaban J connectivity index is 1.69. The maximum atomic E-state index is 12.8. The molecule has 0 bridgehead atoms. The van der Waals surface area contributed by atoms with E-state index in [0.717, 1.165) is 17.0 Å².